The number of alkyl halides is 1. The zero-order valence-corrected chi connectivity index (χ0v) is 14.0. The number of hydrogen-bond acceptors (Lipinski definition) is 3. The van der Waals surface area contributed by atoms with Gasteiger partial charge in [0.1, 0.15) is 12.0 Å². The Labute approximate surface area is 148 Å². The van der Waals surface area contributed by atoms with Crippen molar-refractivity contribution < 1.29 is 9.18 Å². The second kappa shape index (κ2) is 5.39. The van der Waals surface area contributed by atoms with E-state index in [4.69, 9.17) is 0 Å². The maximum Gasteiger partial charge on any atom is 0.231 e. The predicted octanol–water partition coefficient (Wildman–Crippen LogP) is 3.41. The molecule has 2 unspecified atom stereocenters. The number of para-hydroxylation sites is 1. The normalized spacial score (nSPS) is 19.2. The highest BCUT2D eigenvalue weighted by atomic mass is 19.1. The minimum absolute atomic E-state index is 0.303. The Balaban J connectivity index is 1.56. The summed E-state index contributed by atoms with van der Waals surface area (Å²) in [6, 6.07) is 9.87. The summed E-state index contributed by atoms with van der Waals surface area (Å²) in [6.45, 7) is 0. The molecule has 5 rings (SSSR count). The molecule has 1 amide bonds. The molecule has 26 heavy (non-hydrogen) atoms. The number of amides is 1. The van der Waals surface area contributed by atoms with Gasteiger partial charge in [0.25, 0.3) is 0 Å². The zero-order valence-electron chi connectivity index (χ0n) is 14.0. The largest absolute Gasteiger partial charge is 0.345 e. The number of carbonyl (C=O) groups excluding carboxylic acids is 1. The van der Waals surface area contributed by atoms with Crippen LogP contribution in [0.3, 0.4) is 0 Å². The Hall–Kier alpha value is -3.22. The van der Waals surface area contributed by atoms with Gasteiger partial charge in [-0.1, -0.05) is 12.1 Å². The SMILES string of the molecule is Cn1c(-c2cccc3[nH]cnc23)cc2cc(NC(=O)C3CC3F)ncc21. The maximum atomic E-state index is 13.0. The Bertz CT molecular complexity index is 1160. The van der Waals surface area contributed by atoms with E-state index in [2.05, 4.69) is 24.8 Å². The van der Waals surface area contributed by atoms with E-state index in [1.54, 1.807) is 12.5 Å². The summed E-state index contributed by atoms with van der Waals surface area (Å²) < 4.78 is 15.1. The third-order valence-corrected chi connectivity index (χ3v) is 4.96. The predicted molar refractivity (Wildman–Crippen MR) is 97.4 cm³/mol. The minimum atomic E-state index is -1.02. The Kier molecular flexibility index (Phi) is 3.12. The van der Waals surface area contributed by atoms with Gasteiger partial charge in [-0.2, -0.15) is 0 Å². The van der Waals surface area contributed by atoms with Crippen molar-refractivity contribution in [2.45, 2.75) is 12.6 Å². The smallest absolute Gasteiger partial charge is 0.231 e. The number of halogens is 1. The molecule has 6 nitrogen and oxygen atoms in total. The van der Waals surface area contributed by atoms with E-state index < -0.39 is 12.1 Å². The highest BCUT2D eigenvalue weighted by Crippen LogP contribution is 2.35. The lowest BCUT2D eigenvalue weighted by Gasteiger charge is -2.06. The summed E-state index contributed by atoms with van der Waals surface area (Å²) >= 11 is 0. The number of nitrogens with one attached hydrogen (secondary N) is 2. The number of carbonyl (C=O) groups is 1. The molecule has 1 fully saturated rings. The molecule has 3 aromatic heterocycles. The molecule has 3 heterocycles. The van der Waals surface area contributed by atoms with Gasteiger partial charge in [0.15, 0.2) is 0 Å². The van der Waals surface area contributed by atoms with Crippen molar-refractivity contribution in [3.8, 4) is 11.3 Å². The van der Waals surface area contributed by atoms with Gasteiger partial charge < -0.3 is 14.9 Å². The molecule has 0 bridgehead atoms. The van der Waals surface area contributed by atoms with Gasteiger partial charge >= 0.3 is 0 Å². The van der Waals surface area contributed by atoms with Crippen LogP contribution in [-0.2, 0) is 11.8 Å². The van der Waals surface area contributed by atoms with Crippen molar-refractivity contribution in [2.75, 3.05) is 5.32 Å². The van der Waals surface area contributed by atoms with Crippen LogP contribution in [0.4, 0.5) is 10.2 Å². The van der Waals surface area contributed by atoms with Crippen molar-refractivity contribution >= 4 is 33.7 Å². The van der Waals surface area contributed by atoms with E-state index in [1.165, 1.54) is 0 Å². The number of rotatable bonds is 3. The summed E-state index contributed by atoms with van der Waals surface area (Å²) in [7, 11) is 1.97. The number of aryl methyl sites for hydroxylation is 1. The van der Waals surface area contributed by atoms with Crippen LogP contribution in [0.5, 0.6) is 0 Å². The number of aromatic nitrogens is 4. The molecule has 1 aliphatic rings. The van der Waals surface area contributed by atoms with Gasteiger partial charge in [-0.05, 0) is 24.6 Å². The summed E-state index contributed by atoms with van der Waals surface area (Å²) in [4.78, 5) is 23.8. The first kappa shape index (κ1) is 15.1. The highest BCUT2D eigenvalue weighted by molar-refractivity contribution is 5.98. The van der Waals surface area contributed by atoms with E-state index in [9.17, 15) is 9.18 Å². The number of aromatic amines is 1. The van der Waals surface area contributed by atoms with Crippen molar-refractivity contribution in [1.82, 2.24) is 19.5 Å². The van der Waals surface area contributed by atoms with Gasteiger partial charge in [0.2, 0.25) is 5.91 Å². The molecule has 130 valence electrons. The summed E-state index contributed by atoms with van der Waals surface area (Å²) in [5, 5.41) is 3.66. The van der Waals surface area contributed by atoms with Crippen LogP contribution in [-0.4, -0.2) is 31.6 Å². The number of H-pyrrole nitrogens is 1. The third kappa shape index (κ3) is 2.28. The molecule has 7 heteroatoms. The molecule has 0 radical (unpaired) electrons. The number of benzene rings is 1. The van der Waals surface area contributed by atoms with E-state index in [-0.39, 0.29) is 5.91 Å². The van der Waals surface area contributed by atoms with Gasteiger partial charge in [-0.25, -0.2) is 14.4 Å². The van der Waals surface area contributed by atoms with Crippen LogP contribution in [0.15, 0.2) is 42.9 Å². The van der Waals surface area contributed by atoms with Crippen LogP contribution in [0.1, 0.15) is 6.42 Å². The van der Waals surface area contributed by atoms with Gasteiger partial charge in [0, 0.05) is 18.0 Å². The molecule has 0 saturated heterocycles. The van der Waals surface area contributed by atoms with Crippen molar-refractivity contribution in [1.29, 1.82) is 0 Å². The fourth-order valence-electron chi connectivity index (χ4n) is 3.39. The molecule has 0 aliphatic heterocycles. The first-order valence-corrected chi connectivity index (χ1v) is 8.44. The summed E-state index contributed by atoms with van der Waals surface area (Å²) in [5.41, 5.74) is 4.85. The molecule has 2 atom stereocenters. The minimum Gasteiger partial charge on any atom is -0.345 e. The number of fused-ring (bicyclic) bond motifs is 2. The monoisotopic (exact) mass is 349 g/mol. The average molecular weight is 349 g/mol. The number of anilines is 1. The fourth-order valence-corrected chi connectivity index (χ4v) is 3.39. The van der Waals surface area contributed by atoms with Gasteiger partial charge in [-0.3, -0.25) is 4.79 Å². The van der Waals surface area contributed by atoms with Crippen LogP contribution in [0.2, 0.25) is 0 Å². The molecule has 1 saturated carbocycles. The first-order valence-electron chi connectivity index (χ1n) is 8.44. The second-order valence-corrected chi connectivity index (χ2v) is 6.67. The van der Waals surface area contributed by atoms with E-state index in [1.807, 2.05) is 37.4 Å². The molecular weight excluding hydrogens is 333 g/mol. The Morgan fingerprint density at radius 3 is 3.00 bits per heavy atom. The molecule has 1 aromatic carbocycles. The number of pyridine rings is 1. The first-order chi connectivity index (χ1) is 12.6. The summed E-state index contributed by atoms with van der Waals surface area (Å²) in [6.07, 6.45) is 2.69. The van der Waals surface area contributed by atoms with E-state index in [0.29, 0.717) is 12.2 Å². The summed E-state index contributed by atoms with van der Waals surface area (Å²) in [5.74, 6) is -0.394. The number of imidazole rings is 1. The number of nitrogens with zero attached hydrogens (tertiary/aromatic N) is 3. The van der Waals surface area contributed by atoms with Crippen LogP contribution >= 0.6 is 0 Å². The molecule has 2 N–H and O–H groups in total. The highest BCUT2D eigenvalue weighted by Gasteiger charge is 2.43. The molecular formula is C19H16FN5O. The topological polar surface area (TPSA) is 75.6 Å². The molecule has 4 aromatic rings. The lowest BCUT2D eigenvalue weighted by atomic mass is 10.1. The fraction of sp³-hybridized carbons (Fsp3) is 0.211. The average Bonchev–Trinajstić information content (AvgIpc) is 3.04. The van der Waals surface area contributed by atoms with E-state index >= 15 is 0 Å². The Morgan fingerprint density at radius 1 is 1.35 bits per heavy atom. The zero-order chi connectivity index (χ0) is 17.8. The van der Waals surface area contributed by atoms with Crippen molar-refractivity contribution in [3.05, 3.63) is 42.9 Å². The molecule has 0 spiro atoms. The van der Waals surface area contributed by atoms with Crippen LogP contribution in [0, 0.1) is 5.92 Å². The lowest BCUT2D eigenvalue weighted by molar-refractivity contribution is -0.117. The maximum absolute atomic E-state index is 13.0. The quantitative estimate of drug-likeness (QED) is 0.595. The van der Waals surface area contributed by atoms with Crippen molar-refractivity contribution in [2.24, 2.45) is 13.0 Å². The van der Waals surface area contributed by atoms with E-state index in [0.717, 1.165) is 33.2 Å². The molecule has 1 aliphatic carbocycles. The van der Waals surface area contributed by atoms with Crippen LogP contribution in [0.25, 0.3) is 33.2 Å². The lowest BCUT2D eigenvalue weighted by Crippen LogP contribution is -2.15. The van der Waals surface area contributed by atoms with Gasteiger partial charge in [0.05, 0.1) is 40.7 Å². The van der Waals surface area contributed by atoms with Gasteiger partial charge in [-0.15, -0.1) is 0 Å². The van der Waals surface area contributed by atoms with Crippen LogP contribution < -0.4 is 5.32 Å². The third-order valence-electron chi connectivity index (χ3n) is 4.96. The number of hydrogen-bond donors (Lipinski definition) is 2. The van der Waals surface area contributed by atoms with Crippen molar-refractivity contribution in [3.63, 3.8) is 0 Å². The second-order valence-electron chi connectivity index (χ2n) is 6.67. The standard InChI is InChI=1S/C19H16FN5O/c1-25-15(11-3-2-4-14-18(11)23-9-22-14)5-10-6-17(21-8-16(10)25)24-19(26)12-7-13(12)20/h2-6,8-9,12-13H,7H2,1H3,(H,22,23)(H,21,24,26). The Morgan fingerprint density at radius 2 is 2.19 bits per heavy atom.